The predicted octanol–water partition coefficient (Wildman–Crippen LogP) is 4.96. The SMILES string of the molecule is C=C/C=C(\C=NCCCCNCc1cnc(OC)c(C(F)(F)F)c1)C1CCC1. The molecule has 1 fully saturated rings. The lowest BCUT2D eigenvalue weighted by atomic mass is 9.80. The Labute approximate surface area is 164 Å². The van der Waals surface area contributed by atoms with E-state index in [2.05, 4.69) is 21.9 Å². The van der Waals surface area contributed by atoms with Crippen LogP contribution in [0.2, 0.25) is 0 Å². The molecule has 1 heterocycles. The number of allylic oxidation sites excluding steroid dienone is 3. The number of methoxy groups -OCH3 is 1. The Hall–Kier alpha value is -2.15. The molecule has 0 bridgehead atoms. The van der Waals surface area contributed by atoms with Crippen LogP contribution in [0.25, 0.3) is 0 Å². The first-order valence-corrected chi connectivity index (χ1v) is 9.59. The van der Waals surface area contributed by atoms with Crippen LogP contribution < -0.4 is 10.1 Å². The van der Waals surface area contributed by atoms with Crippen molar-refractivity contribution in [3.05, 3.63) is 47.7 Å². The molecule has 1 aromatic heterocycles. The van der Waals surface area contributed by atoms with Gasteiger partial charge in [-0.3, -0.25) is 4.99 Å². The number of ether oxygens (including phenoxy) is 1. The molecule has 7 heteroatoms. The van der Waals surface area contributed by atoms with Gasteiger partial charge < -0.3 is 10.1 Å². The molecule has 0 radical (unpaired) electrons. The van der Waals surface area contributed by atoms with Gasteiger partial charge in [0.05, 0.1) is 7.11 Å². The van der Waals surface area contributed by atoms with Gasteiger partial charge in [0.25, 0.3) is 0 Å². The van der Waals surface area contributed by atoms with Gasteiger partial charge in [-0.05, 0) is 55.3 Å². The van der Waals surface area contributed by atoms with E-state index in [4.69, 9.17) is 4.74 Å². The number of nitrogens with zero attached hydrogens (tertiary/aromatic N) is 2. The van der Waals surface area contributed by atoms with Gasteiger partial charge >= 0.3 is 6.18 Å². The number of alkyl halides is 3. The van der Waals surface area contributed by atoms with Crippen molar-refractivity contribution >= 4 is 6.21 Å². The third-order valence-electron chi connectivity index (χ3n) is 4.75. The fourth-order valence-corrected chi connectivity index (χ4v) is 2.98. The van der Waals surface area contributed by atoms with Crippen LogP contribution >= 0.6 is 0 Å². The van der Waals surface area contributed by atoms with Gasteiger partial charge in [-0.15, -0.1) is 0 Å². The summed E-state index contributed by atoms with van der Waals surface area (Å²) in [5, 5.41) is 3.15. The summed E-state index contributed by atoms with van der Waals surface area (Å²) in [4.78, 5) is 8.24. The largest absolute Gasteiger partial charge is 0.481 e. The van der Waals surface area contributed by atoms with Crippen molar-refractivity contribution < 1.29 is 17.9 Å². The Morgan fingerprint density at radius 3 is 2.79 bits per heavy atom. The van der Waals surface area contributed by atoms with Crippen LogP contribution in [0.4, 0.5) is 13.2 Å². The second-order valence-electron chi connectivity index (χ2n) is 6.85. The molecule has 0 amide bonds. The Bertz CT molecular complexity index is 695. The third-order valence-corrected chi connectivity index (χ3v) is 4.75. The molecule has 2 rings (SSSR count). The minimum Gasteiger partial charge on any atom is -0.481 e. The first-order valence-electron chi connectivity index (χ1n) is 9.59. The highest BCUT2D eigenvalue weighted by Gasteiger charge is 2.35. The maximum absolute atomic E-state index is 13.0. The minimum atomic E-state index is -4.48. The van der Waals surface area contributed by atoms with Gasteiger partial charge in [0.2, 0.25) is 5.88 Å². The molecular formula is C21H28F3N3O. The molecule has 0 aliphatic heterocycles. The number of hydrogen-bond acceptors (Lipinski definition) is 4. The molecule has 154 valence electrons. The van der Waals surface area contributed by atoms with Crippen LogP contribution in [-0.4, -0.2) is 31.4 Å². The average Bonchev–Trinajstić information content (AvgIpc) is 2.61. The van der Waals surface area contributed by atoms with Crippen LogP contribution in [0, 0.1) is 5.92 Å². The molecule has 0 atom stereocenters. The first-order chi connectivity index (χ1) is 13.5. The number of hydrogen-bond donors (Lipinski definition) is 1. The van der Waals surface area contributed by atoms with Gasteiger partial charge in [0.1, 0.15) is 5.56 Å². The summed E-state index contributed by atoms with van der Waals surface area (Å²) >= 11 is 0. The predicted molar refractivity (Wildman–Crippen MR) is 106 cm³/mol. The normalized spacial score (nSPS) is 15.6. The quantitative estimate of drug-likeness (QED) is 0.327. The number of unbranched alkanes of at least 4 members (excludes halogenated alkanes) is 1. The molecule has 0 spiro atoms. The van der Waals surface area contributed by atoms with E-state index in [-0.39, 0.29) is 0 Å². The molecule has 1 aliphatic rings. The van der Waals surface area contributed by atoms with Crippen LogP contribution in [-0.2, 0) is 12.7 Å². The standard InChI is InChI=1S/C21H28F3N3O/c1-3-7-18(17-8-6-9-17)15-26-11-5-4-10-25-13-16-12-19(21(22,23)24)20(28-2)27-14-16/h3,7,12,14-15,17,25H,1,4-6,8-11,13H2,2H3/b18-7+,26-15?. The van der Waals surface area contributed by atoms with E-state index in [1.807, 2.05) is 18.4 Å². The van der Waals surface area contributed by atoms with E-state index in [1.165, 1.54) is 38.1 Å². The highest BCUT2D eigenvalue weighted by Crippen LogP contribution is 2.35. The molecule has 0 unspecified atom stereocenters. The molecule has 1 N–H and O–H groups in total. The summed E-state index contributed by atoms with van der Waals surface area (Å²) < 4.78 is 43.7. The van der Waals surface area contributed by atoms with Crippen molar-refractivity contribution in [1.29, 1.82) is 0 Å². The van der Waals surface area contributed by atoms with Crippen LogP contribution in [0.15, 0.2) is 41.6 Å². The Kier molecular flexibility index (Phi) is 8.70. The van der Waals surface area contributed by atoms with E-state index in [1.54, 1.807) is 0 Å². The molecular weight excluding hydrogens is 367 g/mol. The van der Waals surface area contributed by atoms with E-state index >= 15 is 0 Å². The lowest BCUT2D eigenvalue weighted by molar-refractivity contribution is -0.139. The zero-order valence-corrected chi connectivity index (χ0v) is 16.3. The average molecular weight is 395 g/mol. The lowest BCUT2D eigenvalue weighted by Crippen LogP contribution is -2.17. The zero-order chi connectivity index (χ0) is 20.4. The van der Waals surface area contributed by atoms with E-state index in [0.29, 0.717) is 24.6 Å². The Morgan fingerprint density at radius 1 is 1.39 bits per heavy atom. The highest BCUT2D eigenvalue weighted by molar-refractivity contribution is 5.79. The zero-order valence-electron chi connectivity index (χ0n) is 16.3. The van der Waals surface area contributed by atoms with Gasteiger partial charge in [-0.2, -0.15) is 13.2 Å². The van der Waals surface area contributed by atoms with Crippen molar-refractivity contribution in [3.8, 4) is 5.88 Å². The summed E-state index contributed by atoms with van der Waals surface area (Å²) in [7, 11) is 1.18. The number of halogens is 3. The van der Waals surface area contributed by atoms with Crippen molar-refractivity contribution in [1.82, 2.24) is 10.3 Å². The molecule has 0 saturated heterocycles. The molecule has 0 aromatic carbocycles. The third kappa shape index (κ3) is 6.78. The topological polar surface area (TPSA) is 46.5 Å². The van der Waals surface area contributed by atoms with Crippen molar-refractivity contribution in [2.75, 3.05) is 20.2 Å². The van der Waals surface area contributed by atoms with Crippen LogP contribution in [0.5, 0.6) is 5.88 Å². The van der Waals surface area contributed by atoms with Gasteiger partial charge in [-0.1, -0.05) is 25.2 Å². The lowest BCUT2D eigenvalue weighted by Gasteiger charge is -2.26. The van der Waals surface area contributed by atoms with E-state index < -0.39 is 17.6 Å². The van der Waals surface area contributed by atoms with Gasteiger partial charge in [0, 0.05) is 25.5 Å². The van der Waals surface area contributed by atoms with Crippen molar-refractivity contribution in [3.63, 3.8) is 0 Å². The van der Waals surface area contributed by atoms with Crippen molar-refractivity contribution in [2.24, 2.45) is 10.9 Å². The molecule has 1 saturated carbocycles. The van der Waals surface area contributed by atoms with Gasteiger partial charge in [0.15, 0.2) is 0 Å². The summed E-state index contributed by atoms with van der Waals surface area (Å²) in [6, 6.07) is 1.08. The maximum atomic E-state index is 13.0. The van der Waals surface area contributed by atoms with E-state index in [9.17, 15) is 13.2 Å². The molecule has 1 aliphatic carbocycles. The second-order valence-corrected chi connectivity index (χ2v) is 6.85. The molecule has 4 nitrogen and oxygen atoms in total. The number of rotatable bonds is 11. The monoisotopic (exact) mass is 395 g/mol. The fourth-order valence-electron chi connectivity index (χ4n) is 2.98. The van der Waals surface area contributed by atoms with Crippen molar-refractivity contribution in [2.45, 2.75) is 44.8 Å². The minimum absolute atomic E-state index is 0.331. The fraction of sp³-hybridized carbons (Fsp3) is 0.524. The smallest absolute Gasteiger partial charge is 0.421 e. The summed E-state index contributed by atoms with van der Waals surface area (Å²) in [5.41, 5.74) is 0.885. The maximum Gasteiger partial charge on any atom is 0.421 e. The summed E-state index contributed by atoms with van der Waals surface area (Å²) in [6.07, 6.45) is 8.28. The van der Waals surface area contributed by atoms with Crippen LogP contribution in [0.1, 0.15) is 43.2 Å². The highest BCUT2D eigenvalue weighted by atomic mass is 19.4. The number of pyridine rings is 1. The summed E-state index contributed by atoms with van der Waals surface area (Å²) in [6.45, 7) is 5.53. The summed E-state index contributed by atoms with van der Waals surface area (Å²) in [5.74, 6) is 0.226. The molecule has 1 aromatic rings. The Balaban J connectivity index is 1.68. The van der Waals surface area contributed by atoms with E-state index in [0.717, 1.165) is 25.5 Å². The van der Waals surface area contributed by atoms with Gasteiger partial charge in [-0.25, -0.2) is 4.98 Å². The Morgan fingerprint density at radius 2 is 2.18 bits per heavy atom. The van der Waals surface area contributed by atoms with Crippen LogP contribution in [0.3, 0.4) is 0 Å². The second kappa shape index (κ2) is 11.0. The number of aromatic nitrogens is 1. The first kappa shape index (κ1) is 22.1. The molecule has 28 heavy (non-hydrogen) atoms. The number of nitrogens with one attached hydrogen (secondary N) is 1. The number of aliphatic imine (C=N–C) groups is 1.